The van der Waals surface area contributed by atoms with Gasteiger partial charge in [0.2, 0.25) is 10.0 Å². The Balaban J connectivity index is 1.84. The van der Waals surface area contributed by atoms with Gasteiger partial charge in [0.25, 0.3) is 5.69 Å². The number of sulfonamides is 1. The van der Waals surface area contributed by atoms with Crippen molar-refractivity contribution in [2.45, 2.75) is 24.7 Å². The average molecular weight is 434 g/mol. The van der Waals surface area contributed by atoms with Crippen LogP contribution < -0.4 is 10.2 Å². The molecular formula is C19H22N4O6S. The Hall–Kier alpha value is -3.18. The summed E-state index contributed by atoms with van der Waals surface area (Å²) in [5, 5.41) is 25.6. The highest BCUT2D eigenvalue weighted by Gasteiger charge is 2.29. The fraction of sp³-hybridized carbons (Fsp3) is 0.316. The van der Waals surface area contributed by atoms with Crippen molar-refractivity contribution in [2.75, 3.05) is 25.1 Å². The SMILES string of the molecule is CCOc1cccc(C=NNc2ccc(S(=O)(=O)N3CCCC3)cc2[N+](=O)[O-])c1O. The van der Waals surface area contributed by atoms with Gasteiger partial charge in [-0.2, -0.15) is 9.41 Å². The molecule has 10 nitrogen and oxygen atoms in total. The normalized spacial score (nSPS) is 14.8. The third-order valence-corrected chi connectivity index (χ3v) is 6.48. The summed E-state index contributed by atoms with van der Waals surface area (Å²) in [6, 6.07) is 8.52. The van der Waals surface area contributed by atoms with E-state index in [9.17, 15) is 23.6 Å². The Labute approximate surface area is 174 Å². The smallest absolute Gasteiger partial charge is 0.295 e. The van der Waals surface area contributed by atoms with E-state index in [2.05, 4.69) is 10.5 Å². The predicted molar refractivity (Wildman–Crippen MR) is 112 cm³/mol. The molecule has 0 bridgehead atoms. The molecule has 0 atom stereocenters. The molecule has 160 valence electrons. The van der Waals surface area contributed by atoms with Gasteiger partial charge in [-0.1, -0.05) is 6.07 Å². The lowest BCUT2D eigenvalue weighted by atomic mass is 10.2. The van der Waals surface area contributed by atoms with Crippen molar-refractivity contribution in [1.82, 2.24) is 4.31 Å². The topological polar surface area (TPSA) is 134 Å². The zero-order chi connectivity index (χ0) is 21.7. The number of hydrogen-bond acceptors (Lipinski definition) is 8. The Morgan fingerprint density at radius 1 is 1.30 bits per heavy atom. The van der Waals surface area contributed by atoms with E-state index in [1.165, 1.54) is 22.7 Å². The highest BCUT2D eigenvalue weighted by atomic mass is 32.2. The molecule has 0 saturated carbocycles. The van der Waals surface area contributed by atoms with Crippen LogP contribution in [-0.2, 0) is 10.0 Å². The van der Waals surface area contributed by atoms with Crippen LogP contribution in [0.4, 0.5) is 11.4 Å². The van der Waals surface area contributed by atoms with Gasteiger partial charge in [-0.05, 0) is 44.0 Å². The van der Waals surface area contributed by atoms with Crippen molar-refractivity contribution in [2.24, 2.45) is 5.10 Å². The summed E-state index contributed by atoms with van der Waals surface area (Å²) in [6.45, 7) is 2.98. The predicted octanol–water partition coefficient (Wildman–Crippen LogP) is 2.93. The summed E-state index contributed by atoms with van der Waals surface area (Å²) in [4.78, 5) is 10.7. The van der Waals surface area contributed by atoms with Crippen LogP contribution in [-0.4, -0.2) is 48.7 Å². The first-order valence-electron chi connectivity index (χ1n) is 9.37. The highest BCUT2D eigenvalue weighted by Crippen LogP contribution is 2.31. The van der Waals surface area contributed by atoms with Gasteiger partial charge < -0.3 is 9.84 Å². The molecule has 1 saturated heterocycles. The molecular weight excluding hydrogens is 412 g/mol. The molecule has 1 aliphatic heterocycles. The lowest BCUT2D eigenvalue weighted by molar-refractivity contribution is -0.384. The summed E-state index contributed by atoms with van der Waals surface area (Å²) >= 11 is 0. The zero-order valence-electron chi connectivity index (χ0n) is 16.3. The summed E-state index contributed by atoms with van der Waals surface area (Å²) in [7, 11) is -3.78. The van der Waals surface area contributed by atoms with E-state index in [-0.39, 0.29) is 16.3 Å². The monoisotopic (exact) mass is 434 g/mol. The standard InChI is InChI=1S/C19H22N4O6S/c1-2-29-18-7-5-6-14(19(18)24)13-20-21-16-9-8-15(12-17(16)23(25)26)30(27,28)22-10-3-4-11-22/h5-9,12-13,21,24H,2-4,10-11H2,1H3. The van der Waals surface area contributed by atoms with Crippen LogP contribution in [0.3, 0.4) is 0 Å². The van der Waals surface area contributed by atoms with E-state index in [0.29, 0.717) is 31.0 Å². The number of phenolic OH excluding ortho intramolecular Hbond substituents is 1. The Bertz CT molecular complexity index is 1060. The maximum atomic E-state index is 12.7. The number of nitro groups is 1. The molecule has 0 aliphatic carbocycles. The Morgan fingerprint density at radius 3 is 2.70 bits per heavy atom. The minimum atomic E-state index is -3.78. The quantitative estimate of drug-likeness (QED) is 0.370. The van der Waals surface area contributed by atoms with Crippen molar-refractivity contribution in [1.29, 1.82) is 0 Å². The van der Waals surface area contributed by atoms with Gasteiger partial charge in [0, 0.05) is 24.7 Å². The number of nitro benzene ring substituents is 1. The number of phenols is 1. The van der Waals surface area contributed by atoms with E-state index in [1.54, 1.807) is 25.1 Å². The van der Waals surface area contributed by atoms with Crippen molar-refractivity contribution in [3.05, 3.63) is 52.1 Å². The molecule has 0 aromatic heterocycles. The van der Waals surface area contributed by atoms with Gasteiger partial charge in [-0.15, -0.1) is 0 Å². The number of aromatic hydroxyl groups is 1. The molecule has 3 rings (SSSR count). The minimum absolute atomic E-state index is 0.0251. The van der Waals surface area contributed by atoms with E-state index < -0.39 is 20.6 Å². The summed E-state index contributed by atoms with van der Waals surface area (Å²) in [5.74, 6) is 0.190. The Kier molecular flexibility index (Phi) is 6.53. The molecule has 11 heteroatoms. The number of hydrogen-bond donors (Lipinski definition) is 2. The van der Waals surface area contributed by atoms with Crippen molar-refractivity contribution >= 4 is 27.6 Å². The molecule has 0 spiro atoms. The van der Waals surface area contributed by atoms with E-state index in [1.807, 2.05) is 0 Å². The van der Waals surface area contributed by atoms with Gasteiger partial charge in [0.1, 0.15) is 5.69 Å². The third-order valence-electron chi connectivity index (χ3n) is 4.59. The van der Waals surface area contributed by atoms with Crippen LogP contribution in [0.5, 0.6) is 11.5 Å². The molecule has 0 unspecified atom stereocenters. The second-order valence-corrected chi connectivity index (χ2v) is 8.48. The number of ether oxygens (including phenoxy) is 1. The number of benzene rings is 2. The van der Waals surface area contributed by atoms with Crippen LogP contribution in [0, 0.1) is 10.1 Å². The number of nitrogens with one attached hydrogen (secondary N) is 1. The first-order chi connectivity index (χ1) is 14.3. The lowest BCUT2D eigenvalue weighted by Crippen LogP contribution is -2.27. The van der Waals surface area contributed by atoms with Gasteiger partial charge in [0.15, 0.2) is 11.5 Å². The number of nitrogens with zero attached hydrogens (tertiary/aromatic N) is 3. The average Bonchev–Trinajstić information content (AvgIpc) is 3.26. The minimum Gasteiger partial charge on any atom is -0.504 e. The third kappa shape index (κ3) is 4.52. The molecule has 1 heterocycles. The summed E-state index contributed by atoms with van der Waals surface area (Å²) < 4.78 is 31.9. The van der Waals surface area contributed by atoms with Gasteiger partial charge in [-0.3, -0.25) is 15.5 Å². The highest BCUT2D eigenvalue weighted by molar-refractivity contribution is 7.89. The van der Waals surface area contributed by atoms with Gasteiger partial charge in [-0.25, -0.2) is 8.42 Å². The first kappa shape index (κ1) is 21.5. The van der Waals surface area contributed by atoms with Crippen LogP contribution in [0.15, 0.2) is 46.4 Å². The molecule has 1 fully saturated rings. The maximum Gasteiger partial charge on any atom is 0.295 e. The number of rotatable bonds is 8. The van der Waals surface area contributed by atoms with Crippen LogP contribution in [0.25, 0.3) is 0 Å². The van der Waals surface area contributed by atoms with E-state index in [0.717, 1.165) is 18.9 Å². The number of hydrazone groups is 1. The van der Waals surface area contributed by atoms with Crippen molar-refractivity contribution < 1.29 is 23.2 Å². The molecule has 30 heavy (non-hydrogen) atoms. The van der Waals surface area contributed by atoms with Crippen LogP contribution >= 0.6 is 0 Å². The molecule has 2 aromatic carbocycles. The fourth-order valence-electron chi connectivity index (χ4n) is 3.08. The van der Waals surface area contributed by atoms with E-state index in [4.69, 9.17) is 4.74 Å². The summed E-state index contributed by atoms with van der Waals surface area (Å²) in [6.07, 6.45) is 2.83. The Morgan fingerprint density at radius 2 is 2.03 bits per heavy atom. The lowest BCUT2D eigenvalue weighted by Gasteiger charge is -2.15. The van der Waals surface area contributed by atoms with Crippen molar-refractivity contribution in [3.8, 4) is 11.5 Å². The number of anilines is 1. The summed E-state index contributed by atoms with van der Waals surface area (Å²) in [5.41, 5.74) is 2.50. The van der Waals surface area contributed by atoms with Crippen molar-refractivity contribution in [3.63, 3.8) is 0 Å². The van der Waals surface area contributed by atoms with Crippen LogP contribution in [0.1, 0.15) is 25.3 Å². The molecule has 0 amide bonds. The second kappa shape index (κ2) is 9.09. The molecule has 1 aliphatic rings. The number of para-hydroxylation sites is 1. The van der Waals surface area contributed by atoms with Gasteiger partial charge in [0.05, 0.1) is 22.6 Å². The molecule has 0 radical (unpaired) electrons. The van der Waals surface area contributed by atoms with Gasteiger partial charge >= 0.3 is 0 Å². The largest absolute Gasteiger partial charge is 0.504 e. The molecule has 2 N–H and O–H groups in total. The maximum absolute atomic E-state index is 12.7. The second-order valence-electron chi connectivity index (χ2n) is 6.54. The zero-order valence-corrected chi connectivity index (χ0v) is 17.1. The first-order valence-corrected chi connectivity index (χ1v) is 10.8. The van der Waals surface area contributed by atoms with E-state index >= 15 is 0 Å². The fourth-order valence-corrected chi connectivity index (χ4v) is 4.62. The molecule has 2 aromatic rings. The van der Waals surface area contributed by atoms with Crippen LogP contribution in [0.2, 0.25) is 0 Å².